The van der Waals surface area contributed by atoms with Gasteiger partial charge in [-0.15, -0.1) is 0 Å². The number of benzene rings is 1. The fourth-order valence-corrected chi connectivity index (χ4v) is 3.84. The number of rotatable bonds is 3. The summed E-state index contributed by atoms with van der Waals surface area (Å²) < 4.78 is 5.99. The molecule has 3 heteroatoms. The van der Waals surface area contributed by atoms with E-state index in [1.54, 1.807) is 0 Å². The van der Waals surface area contributed by atoms with E-state index in [1.807, 2.05) is 6.07 Å². The van der Waals surface area contributed by atoms with Crippen LogP contribution in [0.2, 0.25) is 5.02 Å². The molecule has 2 fully saturated rings. The Kier molecular flexibility index (Phi) is 3.13. The van der Waals surface area contributed by atoms with E-state index in [1.165, 1.54) is 17.5 Å². The van der Waals surface area contributed by atoms with E-state index < -0.39 is 0 Å². The van der Waals surface area contributed by atoms with Crippen molar-refractivity contribution in [1.82, 2.24) is 0 Å². The van der Waals surface area contributed by atoms with E-state index in [9.17, 15) is 0 Å². The maximum absolute atomic E-state index is 6.35. The zero-order chi connectivity index (χ0) is 12.8. The van der Waals surface area contributed by atoms with Crippen LogP contribution >= 0.6 is 11.6 Å². The predicted molar refractivity (Wildman–Crippen MR) is 73.9 cm³/mol. The predicted octanol–water partition coefficient (Wildman–Crippen LogP) is 3.09. The molecule has 2 aliphatic heterocycles. The molecule has 98 valence electrons. The van der Waals surface area contributed by atoms with Crippen molar-refractivity contribution in [3.63, 3.8) is 0 Å². The zero-order valence-corrected chi connectivity index (χ0v) is 11.5. The van der Waals surface area contributed by atoms with Gasteiger partial charge in [-0.05, 0) is 49.8 Å². The van der Waals surface area contributed by atoms with Gasteiger partial charge in [-0.3, -0.25) is 0 Å². The molecule has 18 heavy (non-hydrogen) atoms. The number of ether oxygens (including phenoxy) is 1. The Balaban J connectivity index is 1.86. The van der Waals surface area contributed by atoms with Crippen molar-refractivity contribution >= 4 is 11.6 Å². The van der Waals surface area contributed by atoms with Gasteiger partial charge in [-0.2, -0.15) is 0 Å². The highest BCUT2D eigenvalue weighted by molar-refractivity contribution is 6.31. The molecule has 2 nitrogen and oxygen atoms in total. The van der Waals surface area contributed by atoms with Crippen LogP contribution < -0.4 is 5.73 Å². The first-order valence-corrected chi connectivity index (χ1v) is 7.11. The maximum Gasteiger partial charge on any atom is 0.0652 e. The summed E-state index contributed by atoms with van der Waals surface area (Å²) in [6.45, 7) is 2.76. The minimum Gasteiger partial charge on any atom is -0.374 e. The van der Waals surface area contributed by atoms with Gasteiger partial charge in [0.1, 0.15) is 0 Å². The fraction of sp³-hybridized carbons (Fsp3) is 0.600. The smallest absolute Gasteiger partial charge is 0.0652 e. The quantitative estimate of drug-likeness (QED) is 0.912. The second-order valence-corrected chi connectivity index (χ2v) is 6.27. The van der Waals surface area contributed by atoms with Crippen LogP contribution in [0.1, 0.15) is 30.4 Å². The third-order valence-electron chi connectivity index (χ3n) is 4.58. The van der Waals surface area contributed by atoms with Gasteiger partial charge < -0.3 is 10.5 Å². The van der Waals surface area contributed by atoms with E-state index in [0.717, 1.165) is 24.3 Å². The second-order valence-electron chi connectivity index (χ2n) is 5.87. The minimum atomic E-state index is 0.113. The van der Waals surface area contributed by atoms with Crippen molar-refractivity contribution in [1.29, 1.82) is 0 Å². The molecule has 1 aromatic rings. The van der Waals surface area contributed by atoms with Crippen molar-refractivity contribution in [2.45, 2.75) is 44.8 Å². The van der Waals surface area contributed by atoms with Crippen LogP contribution in [0.25, 0.3) is 0 Å². The van der Waals surface area contributed by atoms with Crippen molar-refractivity contribution in [3.05, 3.63) is 34.3 Å². The third kappa shape index (κ3) is 1.97. The van der Waals surface area contributed by atoms with Crippen molar-refractivity contribution in [2.75, 3.05) is 6.54 Å². The lowest BCUT2D eigenvalue weighted by Crippen LogP contribution is -2.41. The van der Waals surface area contributed by atoms with Crippen molar-refractivity contribution in [2.24, 2.45) is 11.1 Å². The van der Waals surface area contributed by atoms with E-state index in [4.69, 9.17) is 22.1 Å². The molecule has 1 aromatic carbocycles. The van der Waals surface area contributed by atoms with Gasteiger partial charge in [0.25, 0.3) is 0 Å². The van der Waals surface area contributed by atoms with Gasteiger partial charge in [0.05, 0.1) is 12.2 Å². The fourth-order valence-electron chi connectivity index (χ4n) is 3.54. The molecule has 2 aliphatic rings. The SMILES string of the molecule is Cc1ccc(CC2(CN)CC3CCC2O3)c(Cl)c1. The van der Waals surface area contributed by atoms with Crippen LogP contribution in [0.3, 0.4) is 0 Å². The molecule has 2 heterocycles. The summed E-state index contributed by atoms with van der Waals surface area (Å²) in [7, 11) is 0. The topological polar surface area (TPSA) is 35.2 Å². The van der Waals surface area contributed by atoms with Crippen LogP contribution in [0.5, 0.6) is 0 Å². The van der Waals surface area contributed by atoms with Crippen molar-refractivity contribution in [3.8, 4) is 0 Å². The minimum absolute atomic E-state index is 0.113. The molecule has 0 aliphatic carbocycles. The Bertz CT molecular complexity index is 462. The van der Waals surface area contributed by atoms with E-state index in [0.29, 0.717) is 18.8 Å². The average Bonchev–Trinajstić information content (AvgIpc) is 2.93. The second kappa shape index (κ2) is 4.52. The highest BCUT2D eigenvalue weighted by Gasteiger charge is 2.51. The molecule has 0 spiro atoms. The molecule has 0 radical (unpaired) electrons. The molecule has 3 unspecified atom stereocenters. The lowest BCUT2D eigenvalue weighted by atomic mass is 9.70. The van der Waals surface area contributed by atoms with E-state index in [-0.39, 0.29) is 5.41 Å². The monoisotopic (exact) mass is 265 g/mol. The number of nitrogens with two attached hydrogens (primary N) is 1. The summed E-state index contributed by atoms with van der Waals surface area (Å²) in [5, 5.41) is 0.866. The molecule has 2 N–H and O–H groups in total. The Morgan fingerprint density at radius 2 is 2.28 bits per heavy atom. The summed E-state index contributed by atoms with van der Waals surface area (Å²) in [5.41, 5.74) is 8.59. The standard InChI is InChI=1S/C15H20ClNO/c1-10-2-3-11(13(16)6-10)7-15(9-17)8-12-4-5-14(15)18-12/h2-3,6,12,14H,4-5,7-9,17H2,1H3. The van der Waals surface area contributed by atoms with Gasteiger partial charge in [0, 0.05) is 17.0 Å². The van der Waals surface area contributed by atoms with Crippen LogP contribution in [0, 0.1) is 12.3 Å². The van der Waals surface area contributed by atoms with Crippen molar-refractivity contribution < 1.29 is 4.74 Å². The molecule has 3 atom stereocenters. The normalized spacial score (nSPS) is 34.2. The van der Waals surface area contributed by atoms with Crippen LogP contribution in [-0.2, 0) is 11.2 Å². The zero-order valence-electron chi connectivity index (χ0n) is 10.8. The summed E-state index contributed by atoms with van der Waals surface area (Å²) >= 11 is 6.35. The molecular formula is C15H20ClNO. The summed E-state index contributed by atoms with van der Waals surface area (Å²) in [5.74, 6) is 0. The molecule has 2 bridgehead atoms. The van der Waals surface area contributed by atoms with Crippen LogP contribution in [0.15, 0.2) is 18.2 Å². The van der Waals surface area contributed by atoms with E-state index in [2.05, 4.69) is 19.1 Å². The molecule has 3 rings (SSSR count). The molecule has 2 saturated heterocycles. The number of hydrogen-bond donors (Lipinski definition) is 1. The molecule has 0 aromatic heterocycles. The summed E-state index contributed by atoms with van der Waals surface area (Å²) in [6, 6.07) is 6.30. The van der Waals surface area contributed by atoms with E-state index >= 15 is 0 Å². The summed E-state index contributed by atoms with van der Waals surface area (Å²) in [4.78, 5) is 0. The highest BCUT2D eigenvalue weighted by atomic mass is 35.5. The first-order chi connectivity index (χ1) is 8.63. The maximum atomic E-state index is 6.35. The Morgan fingerprint density at radius 1 is 1.44 bits per heavy atom. The number of hydrogen-bond acceptors (Lipinski definition) is 2. The third-order valence-corrected chi connectivity index (χ3v) is 4.93. The molecule has 0 amide bonds. The largest absolute Gasteiger partial charge is 0.374 e. The molecule has 0 saturated carbocycles. The first-order valence-electron chi connectivity index (χ1n) is 6.73. The average molecular weight is 266 g/mol. The molecular weight excluding hydrogens is 246 g/mol. The number of halogens is 1. The Hall–Kier alpha value is -0.570. The lowest BCUT2D eigenvalue weighted by Gasteiger charge is -2.34. The van der Waals surface area contributed by atoms with Crippen LogP contribution in [0.4, 0.5) is 0 Å². The van der Waals surface area contributed by atoms with Gasteiger partial charge in [-0.25, -0.2) is 0 Å². The van der Waals surface area contributed by atoms with Crippen LogP contribution in [-0.4, -0.2) is 18.8 Å². The number of aryl methyl sites for hydroxylation is 1. The first kappa shape index (κ1) is 12.5. The lowest BCUT2D eigenvalue weighted by molar-refractivity contribution is 0.0636. The number of fused-ring (bicyclic) bond motifs is 2. The van der Waals surface area contributed by atoms with Gasteiger partial charge in [-0.1, -0.05) is 23.7 Å². The van der Waals surface area contributed by atoms with Gasteiger partial charge >= 0.3 is 0 Å². The Labute approximate surface area is 113 Å². The van der Waals surface area contributed by atoms with Gasteiger partial charge in [0.2, 0.25) is 0 Å². The highest BCUT2D eigenvalue weighted by Crippen LogP contribution is 2.49. The Morgan fingerprint density at radius 3 is 2.83 bits per heavy atom. The summed E-state index contributed by atoms with van der Waals surface area (Å²) in [6.07, 6.45) is 5.18. The van der Waals surface area contributed by atoms with Gasteiger partial charge in [0.15, 0.2) is 0 Å².